The Kier molecular flexibility index (Phi) is 3.72. The fourth-order valence-electron chi connectivity index (χ4n) is 1.80. The molecule has 1 aromatic rings. The van der Waals surface area contributed by atoms with E-state index in [1.165, 1.54) is 0 Å². The molecule has 2 heterocycles. The summed E-state index contributed by atoms with van der Waals surface area (Å²) in [6.07, 6.45) is 0. The molecule has 1 atom stereocenters. The zero-order valence-electron chi connectivity index (χ0n) is 9.22. The molecule has 4 nitrogen and oxygen atoms in total. The van der Waals surface area contributed by atoms with Crippen LogP contribution >= 0.6 is 33.9 Å². The van der Waals surface area contributed by atoms with Crippen LogP contribution in [-0.2, 0) is 4.79 Å². The van der Waals surface area contributed by atoms with Gasteiger partial charge in [0.1, 0.15) is 0 Å². The number of hydrogen-bond acceptors (Lipinski definition) is 3. The smallest absolute Gasteiger partial charge is 0.306 e. The average molecular weight is 365 g/mol. The standard InChI is InChI=1S/C11H12INO3S/c1-6(11(15)16)8-3-13(4-8)10(14)7-2-9(12)17-5-7/h2,5-6,8H,3-4H2,1H3,(H,15,16). The van der Waals surface area contributed by atoms with E-state index in [0.717, 1.165) is 2.88 Å². The summed E-state index contributed by atoms with van der Waals surface area (Å²) in [5, 5.41) is 10.7. The number of amides is 1. The van der Waals surface area contributed by atoms with Gasteiger partial charge in [-0.2, -0.15) is 0 Å². The average Bonchev–Trinajstić information content (AvgIpc) is 2.62. The minimum Gasteiger partial charge on any atom is -0.481 e. The lowest BCUT2D eigenvalue weighted by Gasteiger charge is -2.41. The van der Waals surface area contributed by atoms with Gasteiger partial charge in [-0.05, 0) is 28.7 Å². The van der Waals surface area contributed by atoms with Crippen molar-refractivity contribution in [2.45, 2.75) is 6.92 Å². The Bertz CT molecular complexity index is 453. The predicted octanol–water partition coefficient (Wildman–Crippen LogP) is 2.15. The van der Waals surface area contributed by atoms with Crippen molar-refractivity contribution in [3.8, 4) is 0 Å². The van der Waals surface area contributed by atoms with Crippen LogP contribution in [0.3, 0.4) is 0 Å². The van der Waals surface area contributed by atoms with Crippen molar-refractivity contribution < 1.29 is 14.7 Å². The number of halogens is 1. The second kappa shape index (κ2) is 4.93. The van der Waals surface area contributed by atoms with Crippen LogP contribution < -0.4 is 0 Å². The Morgan fingerprint density at radius 3 is 2.71 bits per heavy atom. The zero-order valence-corrected chi connectivity index (χ0v) is 12.2. The molecule has 1 aliphatic rings. The first-order valence-corrected chi connectivity index (χ1v) is 7.21. The summed E-state index contributed by atoms with van der Waals surface area (Å²) in [7, 11) is 0. The molecule has 17 heavy (non-hydrogen) atoms. The monoisotopic (exact) mass is 365 g/mol. The molecule has 1 unspecified atom stereocenters. The number of nitrogens with zero attached hydrogens (tertiary/aromatic N) is 1. The van der Waals surface area contributed by atoms with Gasteiger partial charge in [-0.15, -0.1) is 11.3 Å². The van der Waals surface area contributed by atoms with Gasteiger partial charge in [-0.3, -0.25) is 9.59 Å². The molecular weight excluding hydrogens is 353 g/mol. The van der Waals surface area contributed by atoms with E-state index in [-0.39, 0.29) is 17.7 Å². The molecule has 0 spiro atoms. The largest absolute Gasteiger partial charge is 0.481 e. The van der Waals surface area contributed by atoms with E-state index in [1.54, 1.807) is 23.2 Å². The van der Waals surface area contributed by atoms with Crippen molar-refractivity contribution in [1.29, 1.82) is 0 Å². The Morgan fingerprint density at radius 1 is 1.59 bits per heavy atom. The highest BCUT2D eigenvalue weighted by Crippen LogP contribution is 2.27. The molecule has 1 saturated heterocycles. The minimum absolute atomic E-state index is 0.0120. The van der Waals surface area contributed by atoms with Crippen molar-refractivity contribution in [2.24, 2.45) is 11.8 Å². The van der Waals surface area contributed by atoms with Crippen molar-refractivity contribution in [3.05, 3.63) is 19.9 Å². The van der Waals surface area contributed by atoms with Crippen LogP contribution in [0.15, 0.2) is 11.4 Å². The maximum atomic E-state index is 12.0. The molecule has 0 aromatic carbocycles. The van der Waals surface area contributed by atoms with Crippen LogP contribution in [0, 0.1) is 14.7 Å². The normalized spacial score (nSPS) is 17.6. The molecule has 1 aliphatic heterocycles. The highest BCUT2D eigenvalue weighted by atomic mass is 127. The minimum atomic E-state index is -0.785. The number of carbonyl (C=O) groups is 2. The van der Waals surface area contributed by atoms with Gasteiger partial charge < -0.3 is 10.0 Å². The molecule has 2 rings (SSSR count). The molecule has 0 saturated carbocycles. The Labute approximate surface area is 117 Å². The lowest BCUT2D eigenvalue weighted by atomic mass is 9.87. The van der Waals surface area contributed by atoms with Crippen molar-refractivity contribution in [1.82, 2.24) is 4.90 Å². The molecule has 1 aromatic heterocycles. The third-order valence-corrected chi connectivity index (χ3v) is 4.90. The van der Waals surface area contributed by atoms with E-state index < -0.39 is 5.97 Å². The summed E-state index contributed by atoms with van der Waals surface area (Å²) < 4.78 is 1.09. The third-order valence-electron chi connectivity index (χ3n) is 3.11. The summed E-state index contributed by atoms with van der Waals surface area (Å²) in [5.74, 6) is -1.05. The summed E-state index contributed by atoms with van der Waals surface area (Å²) in [6, 6.07) is 1.86. The fraction of sp³-hybridized carbons (Fsp3) is 0.455. The second-order valence-electron chi connectivity index (χ2n) is 4.24. The van der Waals surface area contributed by atoms with Crippen LogP contribution in [0.25, 0.3) is 0 Å². The van der Waals surface area contributed by atoms with Crippen molar-refractivity contribution in [3.63, 3.8) is 0 Å². The molecule has 6 heteroatoms. The molecule has 1 N–H and O–H groups in total. The Balaban J connectivity index is 1.92. The van der Waals surface area contributed by atoms with E-state index in [1.807, 2.05) is 11.4 Å². The lowest BCUT2D eigenvalue weighted by molar-refractivity contribution is -0.144. The van der Waals surface area contributed by atoms with Crippen LogP contribution in [-0.4, -0.2) is 35.0 Å². The van der Waals surface area contributed by atoms with E-state index in [0.29, 0.717) is 18.7 Å². The number of likely N-dealkylation sites (tertiary alicyclic amines) is 1. The van der Waals surface area contributed by atoms with Crippen LogP contribution in [0.5, 0.6) is 0 Å². The number of carbonyl (C=O) groups excluding carboxylic acids is 1. The van der Waals surface area contributed by atoms with E-state index in [4.69, 9.17) is 5.11 Å². The molecule has 1 amide bonds. The summed E-state index contributed by atoms with van der Waals surface area (Å²) in [6.45, 7) is 2.81. The summed E-state index contributed by atoms with van der Waals surface area (Å²) in [5.41, 5.74) is 0.709. The van der Waals surface area contributed by atoms with E-state index >= 15 is 0 Å². The quantitative estimate of drug-likeness (QED) is 0.836. The number of hydrogen-bond donors (Lipinski definition) is 1. The molecule has 0 bridgehead atoms. The molecule has 1 fully saturated rings. The zero-order chi connectivity index (χ0) is 12.6. The van der Waals surface area contributed by atoms with Gasteiger partial charge >= 0.3 is 5.97 Å². The second-order valence-corrected chi connectivity index (χ2v) is 7.04. The first kappa shape index (κ1) is 12.8. The number of aliphatic carboxylic acids is 1. The van der Waals surface area contributed by atoms with E-state index in [2.05, 4.69) is 22.6 Å². The highest BCUT2D eigenvalue weighted by Gasteiger charge is 2.37. The van der Waals surface area contributed by atoms with Gasteiger partial charge in [-0.25, -0.2) is 0 Å². The topological polar surface area (TPSA) is 57.6 Å². The first-order chi connectivity index (χ1) is 7.99. The van der Waals surface area contributed by atoms with Crippen LogP contribution in [0.2, 0.25) is 0 Å². The lowest BCUT2D eigenvalue weighted by Crippen LogP contribution is -2.53. The fourth-order valence-corrected chi connectivity index (χ4v) is 3.12. The van der Waals surface area contributed by atoms with Crippen molar-refractivity contribution >= 4 is 45.8 Å². The van der Waals surface area contributed by atoms with Gasteiger partial charge in [0.2, 0.25) is 0 Å². The molecule has 0 aliphatic carbocycles. The number of carboxylic acids is 1. The number of rotatable bonds is 3. The Hall–Kier alpha value is -0.630. The van der Waals surface area contributed by atoms with Gasteiger partial charge in [0.05, 0.1) is 14.4 Å². The summed E-state index contributed by atoms with van der Waals surface area (Å²) >= 11 is 3.72. The molecule has 92 valence electrons. The van der Waals surface area contributed by atoms with Gasteiger partial charge in [-0.1, -0.05) is 6.92 Å². The number of carboxylic acid groups (broad SMARTS) is 1. The molecule has 0 radical (unpaired) electrons. The van der Waals surface area contributed by atoms with Gasteiger partial charge in [0.15, 0.2) is 0 Å². The van der Waals surface area contributed by atoms with E-state index in [9.17, 15) is 9.59 Å². The number of thiophene rings is 1. The van der Waals surface area contributed by atoms with Crippen LogP contribution in [0.1, 0.15) is 17.3 Å². The highest BCUT2D eigenvalue weighted by molar-refractivity contribution is 14.1. The van der Waals surface area contributed by atoms with Crippen LogP contribution in [0.4, 0.5) is 0 Å². The SMILES string of the molecule is CC(C(=O)O)C1CN(C(=O)c2csc(I)c2)C1. The predicted molar refractivity (Wildman–Crippen MR) is 73.2 cm³/mol. The maximum absolute atomic E-state index is 12.0. The van der Waals surface area contributed by atoms with Crippen molar-refractivity contribution in [2.75, 3.05) is 13.1 Å². The Morgan fingerprint density at radius 2 is 2.24 bits per heavy atom. The third kappa shape index (κ3) is 2.62. The molecular formula is C11H12INO3S. The van der Waals surface area contributed by atoms with Gasteiger partial charge in [0.25, 0.3) is 5.91 Å². The van der Waals surface area contributed by atoms with Gasteiger partial charge in [0, 0.05) is 24.4 Å². The summed E-state index contributed by atoms with van der Waals surface area (Å²) in [4.78, 5) is 24.5. The first-order valence-electron chi connectivity index (χ1n) is 5.25. The maximum Gasteiger partial charge on any atom is 0.306 e.